The summed E-state index contributed by atoms with van der Waals surface area (Å²) in [7, 11) is 0. The topological polar surface area (TPSA) is 42.1 Å². The number of fused-ring (bicyclic) bond motifs is 1. The molecule has 0 spiro atoms. The summed E-state index contributed by atoms with van der Waals surface area (Å²) in [5.74, 6) is 1.03. The molecule has 2 heterocycles. The van der Waals surface area contributed by atoms with E-state index in [0.29, 0.717) is 0 Å². The Balaban J connectivity index is 1.95. The van der Waals surface area contributed by atoms with Crippen molar-refractivity contribution in [1.29, 1.82) is 0 Å². The molecule has 0 bridgehead atoms. The first-order chi connectivity index (χ1) is 9.70. The summed E-state index contributed by atoms with van der Waals surface area (Å²) in [5, 5.41) is 0. The van der Waals surface area contributed by atoms with E-state index < -0.39 is 0 Å². The van der Waals surface area contributed by atoms with E-state index in [4.69, 9.17) is 10.7 Å². The highest BCUT2D eigenvalue weighted by Crippen LogP contribution is 2.33. The molecule has 3 nitrogen and oxygen atoms in total. The van der Waals surface area contributed by atoms with Crippen molar-refractivity contribution in [1.82, 2.24) is 4.98 Å². The molecule has 104 valence electrons. The first kappa shape index (κ1) is 13.1. The summed E-state index contributed by atoms with van der Waals surface area (Å²) in [6, 6.07) is 12.9. The van der Waals surface area contributed by atoms with Crippen LogP contribution in [0.4, 0.5) is 11.5 Å². The van der Waals surface area contributed by atoms with E-state index >= 15 is 0 Å². The largest absolute Gasteiger partial charge is 0.326 e. The van der Waals surface area contributed by atoms with E-state index in [9.17, 15) is 0 Å². The fraction of sp³-hybridized carbons (Fsp3) is 0.353. The van der Waals surface area contributed by atoms with Crippen molar-refractivity contribution in [2.75, 3.05) is 11.4 Å². The van der Waals surface area contributed by atoms with Crippen molar-refractivity contribution < 1.29 is 0 Å². The van der Waals surface area contributed by atoms with E-state index in [1.807, 2.05) is 0 Å². The minimum Gasteiger partial charge on any atom is -0.326 e. The maximum absolute atomic E-state index is 6.12. The van der Waals surface area contributed by atoms with Crippen LogP contribution >= 0.6 is 0 Å². The van der Waals surface area contributed by atoms with Gasteiger partial charge in [-0.05, 0) is 43.0 Å². The Bertz CT molecular complexity index is 621. The molecule has 0 radical (unpaired) electrons. The molecule has 1 aliphatic heterocycles. The molecule has 0 amide bonds. The summed E-state index contributed by atoms with van der Waals surface area (Å²) in [5.41, 5.74) is 11.0. The summed E-state index contributed by atoms with van der Waals surface area (Å²) < 4.78 is 0. The van der Waals surface area contributed by atoms with Crippen LogP contribution in [0.1, 0.15) is 36.2 Å². The molecule has 0 saturated heterocycles. The Morgan fingerprint density at radius 2 is 2.05 bits per heavy atom. The standard InChI is InChI=1S/C17H21N3/c1-3-15(18)14-8-9-17(19-12(14)2)20-11-10-13-6-4-5-7-16(13)20/h4-9,15H,3,10-11,18H2,1-2H3. The molecular formula is C17H21N3. The third-order valence-electron chi connectivity index (χ3n) is 4.11. The fourth-order valence-electron chi connectivity index (χ4n) is 2.90. The van der Waals surface area contributed by atoms with Crippen LogP contribution < -0.4 is 10.6 Å². The second kappa shape index (κ2) is 5.25. The van der Waals surface area contributed by atoms with Crippen LogP contribution in [0, 0.1) is 6.92 Å². The number of nitrogens with two attached hydrogens (primary N) is 1. The molecule has 1 aromatic carbocycles. The van der Waals surface area contributed by atoms with Gasteiger partial charge in [-0.25, -0.2) is 4.98 Å². The van der Waals surface area contributed by atoms with Crippen molar-refractivity contribution in [3.05, 3.63) is 53.2 Å². The maximum Gasteiger partial charge on any atom is 0.133 e. The van der Waals surface area contributed by atoms with Crippen LogP contribution in [0.3, 0.4) is 0 Å². The number of rotatable bonds is 3. The van der Waals surface area contributed by atoms with Gasteiger partial charge in [-0.2, -0.15) is 0 Å². The fourth-order valence-corrected chi connectivity index (χ4v) is 2.90. The monoisotopic (exact) mass is 267 g/mol. The van der Waals surface area contributed by atoms with Gasteiger partial charge in [0.2, 0.25) is 0 Å². The first-order valence-corrected chi connectivity index (χ1v) is 7.29. The normalized spacial score (nSPS) is 15.2. The summed E-state index contributed by atoms with van der Waals surface area (Å²) in [6.07, 6.45) is 2.03. The lowest BCUT2D eigenvalue weighted by atomic mass is 10.0. The lowest BCUT2D eigenvalue weighted by Gasteiger charge is -2.20. The number of benzene rings is 1. The van der Waals surface area contributed by atoms with E-state index in [1.165, 1.54) is 11.3 Å². The number of nitrogens with zero attached hydrogens (tertiary/aromatic N) is 2. The highest BCUT2D eigenvalue weighted by atomic mass is 15.2. The number of anilines is 2. The molecule has 1 aliphatic rings. The van der Waals surface area contributed by atoms with E-state index in [0.717, 1.165) is 36.5 Å². The number of para-hydroxylation sites is 1. The molecule has 0 fully saturated rings. The lowest BCUT2D eigenvalue weighted by molar-refractivity contribution is 0.688. The molecule has 3 heteroatoms. The second-order valence-electron chi connectivity index (χ2n) is 5.39. The van der Waals surface area contributed by atoms with Crippen LogP contribution in [0.15, 0.2) is 36.4 Å². The van der Waals surface area contributed by atoms with Crippen LogP contribution in [0.5, 0.6) is 0 Å². The minimum atomic E-state index is 0.0856. The average molecular weight is 267 g/mol. The van der Waals surface area contributed by atoms with Gasteiger partial charge in [-0.3, -0.25) is 0 Å². The van der Waals surface area contributed by atoms with E-state index in [2.05, 4.69) is 55.1 Å². The van der Waals surface area contributed by atoms with Gasteiger partial charge in [0.15, 0.2) is 0 Å². The first-order valence-electron chi connectivity index (χ1n) is 7.29. The zero-order valence-corrected chi connectivity index (χ0v) is 12.1. The Kier molecular flexibility index (Phi) is 3.45. The van der Waals surface area contributed by atoms with Gasteiger partial charge in [0.1, 0.15) is 5.82 Å². The van der Waals surface area contributed by atoms with Gasteiger partial charge >= 0.3 is 0 Å². The van der Waals surface area contributed by atoms with Crippen molar-refractivity contribution in [2.45, 2.75) is 32.7 Å². The van der Waals surface area contributed by atoms with Crippen molar-refractivity contribution >= 4 is 11.5 Å². The molecule has 3 rings (SSSR count). The van der Waals surface area contributed by atoms with Gasteiger partial charge < -0.3 is 10.6 Å². The Hall–Kier alpha value is -1.87. The van der Waals surface area contributed by atoms with Crippen molar-refractivity contribution in [2.24, 2.45) is 5.73 Å². The molecule has 2 aromatic rings. The van der Waals surface area contributed by atoms with E-state index in [1.54, 1.807) is 0 Å². The van der Waals surface area contributed by atoms with Crippen molar-refractivity contribution in [3.8, 4) is 0 Å². The lowest BCUT2D eigenvalue weighted by Crippen LogP contribution is -2.17. The maximum atomic E-state index is 6.12. The molecule has 1 atom stereocenters. The van der Waals surface area contributed by atoms with Crippen LogP contribution in [-0.4, -0.2) is 11.5 Å². The third-order valence-corrected chi connectivity index (χ3v) is 4.11. The SMILES string of the molecule is CCC(N)c1ccc(N2CCc3ccccc32)nc1C. The molecule has 1 aromatic heterocycles. The Morgan fingerprint density at radius 1 is 1.25 bits per heavy atom. The molecular weight excluding hydrogens is 246 g/mol. The van der Waals surface area contributed by atoms with E-state index in [-0.39, 0.29) is 6.04 Å². The summed E-state index contributed by atoms with van der Waals surface area (Å²) in [6.45, 7) is 5.16. The van der Waals surface area contributed by atoms with Gasteiger partial charge in [-0.1, -0.05) is 31.2 Å². The van der Waals surface area contributed by atoms with Gasteiger partial charge in [0.05, 0.1) is 0 Å². The Morgan fingerprint density at radius 3 is 2.80 bits per heavy atom. The summed E-state index contributed by atoms with van der Waals surface area (Å²) in [4.78, 5) is 7.06. The predicted octanol–water partition coefficient (Wildman–Crippen LogP) is 3.49. The van der Waals surface area contributed by atoms with Crippen LogP contribution in [0.2, 0.25) is 0 Å². The quantitative estimate of drug-likeness (QED) is 0.925. The highest BCUT2D eigenvalue weighted by Gasteiger charge is 2.21. The number of aryl methyl sites for hydroxylation is 1. The number of hydrogen-bond acceptors (Lipinski definition) is 3. The van der Waals surface area contributed by atoms with Crippen LogP contribution in [0.25, 0.3) is 0 Å². The average Bonchev–Trinajstić information content (AvgIpc) is 2.90. The van der Waals surface area contributed by atoms with Gasteiger partial charge in [-0.15, -0.1) is 0 Å². The predicted molar refractivity (Wildman–Crippen MR) is 83.3 cm³/mol. The van der Waals surface area contributed by atoms with Crippen molar-refractivity contribution in [3.63, 3.8) is 0 Å². The molecule has 20 heavy (non-hydrogen) atoms. The zero-order valence-electron chi connectivity index (χ0n) is 12.1. The zero-order chi connectivity index (χ0) is 14.1. The smallest absolute Gasteiger partial charge is 0.133 e. The van der Waals surface area contributed by atoms with Crippen LogP contribution in [-0.2, 0) is 6.42 Å². The highest BCUT2D eigenvalue weighted by molar-refractivity contribution is 5.67. The van der Waals surface area contributed by atoms with Gasteiger partial charge in [0.25, 0.3) is 0 Å². The number of pyridine rings is 1. The number of aromatic nitrogens is 1. The third kappa shape index (κ3) is 2.18. The molecule has 1 unspecified atom stereocenters. The molecule has 0 aliphatic carbocycles. The molecule has 2 N–H and O–H groups in total. The minimum absolute atomic E-state index is 0.0856. The Labute approximate surface area is 120 Å². The summed E-state index contributed by atoms with van der Waals surface area (Å²) >= 11 is 0. The molecule has 0 saturated carbocycles. The number of hydrogen-bond donors (Lipinski definition) is 1. The second-order valence-corrected chi connectivity index (χ2v) is 5.39. The van der Waals surface area contributed by atoms with Gasteiger partial charge in [0, 0.05) is 24.0 Å².